The topological polar surface area (TPSA) is 73.4 Å². The van der Waals surface area contributed by atoms with Gasteiger partial charge in [0.2, 0.25) is 15.9 Å². The monoisotopic (exact) mass is 546 g/mol. The van der Waals surface area contributed by atoms with Gasteiger partial charge in [0, 0.05) is 51.9 Å². The van der Waals surface area contributed by atoms with Crippen LogP contribution in [0, 0.1) is 0 Å². The fourth-order valence-electron chi connectivity index (χ4n) is 5.13. The summed E-state index contributed by atoms with van der Waals surface area (Å²) < 4.78 is 33.4. The van der Waals surface area contributed by atoms with Crippen molar-refractivity contribution in [1.82, 2.24) is 19.0 Å². The van der Waals surface area contributed by atoms with Gasteiger partial charge < -0.3 is 14.5 Å². The predicted octanol–water partition coefficient (Wildman–Crippen LogP) is 2.79. The minimum Gasteiger partial charge on any atom is -0.370 e. The number of halogens is 2. The largest absolute Gasteiger partial charge is 0.370 e. The SMILES string of the molecule is O=C(COCC1CCCN1S(=O)(=O)c1ccc(Cl)c(Cl)c1)N1CCN(CCN2CCCCC2)CC1. The maximum Gasteiger partial charge on any atom is 0.248 e. The maximum atomic E-state index is 13.1. The molecular formula is C24H36Cl2N4O4S. The number of sulfonamides is 1. The first-order valence-electron chi connectivity index (χ1n) is 12.6. The summed E-state index contributed by atoms with van der Waals surface area (Å²) in [6, 6.07) is 4.04. The summed E-state index contributed by atoms with van der Waals surface area (Å²) in [5, 5.41) is 0.519. The zero-order valence-corrected chi connectivity index (χ0v) is 22.5. The number of hydrogen-bond acceptors (Lipinski definition) is 6. The molecule has 0 bridgehead atoms. The Balaban J connectivity index is 1.19. The summed E-state index contributed by atoms with van der Waals surface area (Å²) in [6.45, 7) is 8.38. The Morgan fingerprint density at radius 3 is 2.26 bits per heavy atom. The van der Waals surface area contributed by atoms with Crippen LogP contribution in [-0.4, -0.2) is 111 Å². The normalized spacial score (nSPS) is 23.1. The molecule has 196 valence electrons. The van der Waals surface area contributed by atoms with E-state index in [0.29, 0.717) is 31.1 Å². The second-order valence-corrected chi connectivity index (χ2v) is 12.3. The summed E-state index contributed by atoms with van der Waals surface area (Å²) in [4.78, 5) is 19.6. The molecule has 35 heavy (non-hydrogen) atoms. The van der Waals surface area contributed by atoms with E-state index in [9.17, 15) is 13.2 Å². The standard InChI is InChI=1S/C24H36Cl2N4O4S/c25-22-7-6-21(17-23(22)26)35(32,33)30-10-4-5-20(30)18-34-19-24(31)29-15-13-28(14-16-29)12-11-27-8-2-1-3-9-27/h6-7,17,20H,1-5,8-16,18-19H2. The Labute approximate surface area is 219 Å². The molecule has 0 spiro atoms. The van der Waals surface area contributed by atoms with Crippen LogP contribution in [0.2, 0.25) is 10.0 Å². The van der Waals surface area contributed by atoms with Gasteiger partial charge in [-0.1, -0.05) is 29.6 Å². The van der Waals surface area contributed by atoms with Crippen LogP contribution in [0.25, 0.3) is 0 Å². The van der Waals surface area contributed by atoms with E-state index >= 15 is 0 Å². The highest BCUT2D eigenvalue weighted by Gasteiger charge is 2.36. The molecule has 1 atom stereocenters. The third-order valence-electron chi connectivity index (χ3n) is 7.26. The highest BCUT2D eigenvalue weighted by molar-refractivity contribution is 7.89. The van der Waals surface area contributed by atoms with Crippen LogP contribution in [0.4, 0.5) is 0 Å². The number of piperidine rings is 1. The quantitative estimate of drug-likeness (QED) is 0.474. The number of nitrogens with zero attached hydrogens (tertiary/aromatic N) is 4. The number of hydrogen-bond donors (Lipinski definition) is 0. The third-order valence-corrected chi connectivity index (χ3v) is 9.95. The van der Waals surface area contributed by atoms with Gasteiger partial charge in [0.15, 0.2) is 0 Å². The fraction of sp³-hybridized carbons (Fsp3) is 0.708. The number of piperazine rings is 1. The molecule has 1 aromatic rings. The van der Waals surface area contributed by atoms with E-state index in [2.05, 4.69) is 9.80 Å². The molecule has 1 amide bonds. The van der Waals surface area contributed by atoms with E-state index in [1.165, 1.54) is 54.9 Å². The number of ether oxygens (including phenoxy) is 1. The fourth-order valence-corrected chi connectivity index (χ4v) is 7.19. The smallest absolute Gasteiger partial charge is 0.248 e. The van der Waals surface area contributed by atoms with Crippen molar-refractivity contribution in [3.63, 3.8) is 0 Å². The Kier molecular flexibility index (Phi) is 9.71. The molecule has 3 heterocycles. The molecule has 0 radical (unpaired) electrons. The minimum atomic E-state index is -3.71. The number of carbonyl (C=O) groups is 1. The molecule has 3 fully saturated rings. The first-order valence-corrected chi connectivity index (χ1v) is 14.8. The second-order valence-electron chi connectivity index (χ2n) is 9.63. The number of amides is 1. The molecule has 11 heteroatoms. The average molecular weight is 548 g/mol. The van der Waals surface area contributed by atoms with E-state index in [1.54, 1.807) is 0 Å². The van der Waals surface area contributed by atoms with Gasteiger partial charge in [0.25, 0.3) is 0 Å². The summed E-state index contributed by atoms with van der Waals surface area (Å²) in [5.41, 5.74) is 0. The molecule has 3 saturated heterocycles. The molecule has 1 unspecified atom stereocenters. The van der Waals surface area contributed by atoms with Crippen LogP contribution in [0.15, 0.2) is 23.1 Å². The lowest BCUT2D eigenvalue weighted by molar-refractivity contribution is -0.138. The van der Waals surface area contributed by atoms with Gasteiger partial charge in [-0.25, -0.2) is 8.42 Å². The van der Waals surface area contributed by atoms with Crippen LogP contribution in [0.3, 0.4) is 0 Å². The Hall–Kier alpha value is -0.940. The Morgan fingerprint density at radius 1 is 0.886 bits per heavy atom. The Morgan fingerprint density at radius 2 is 1.57 bits per heavy atom. The lowest BCUT2D eigenvalue weighted by atomic mass is 10.1. The van der Waals surface area contributed by atoms with Crippen molar-refractivity contribution in [1.29, 1.82) is 0 Å². The molecule has 0 saturated carbocycles. The lowest BCUT2D eigenvalue weighted by Crippen LogP contribution is -2.51. The van der Waals surface area contributed by atoms with E-state index in [-0.39, 0.29) is 35.1 Å². The molecule has 1 aromatic carbocycles. The van der Waals surface area contributed by atoms with Crippen molar-refractivity contribution in [2.24, 2.45) is 0 Å². The zero-order chi connectivity index (χ0) is 24.8. The highest BCUT2D eigenvalue weighted by Crippen LogP contribution is 2.30. The van der Waals surface area contributed by atoms with Gasteiger partial charge in [-0.2, -0.15) is 4.31 Å². The van der Waals surface area contributed by atoms with Crippen LogP contribution in [0.1, 0.15) is 32.1 Å². The maximum absolute atomic E-state index is 13.1. The molecule has 8 nitrogen and oxygen atoms in total. The van der Waals surface area contributed by atoms with Gasteiger partial charge >= 0.3 is 0 Å². The van der Waals surface area contributed by atoms with Gasteiger partial charge in [0.1, 0.15) is 6.61 Å². The third kappa shape index (κ3) is 7.09. The van der Waals surface area contributed by atoms with Gasteiger partial charge in [-0.3, -0.25) is 9.69 Å². The molecule has 3 aliphatic heterocycles. The highest BCUT2D eigenvalue weighted by atomic mass is 35.5. The van der Waals surface area contributed by atoms with Crippen molar-refractivity contribution in [2.75, 3.05) is 72.1 Å². The van der Waals surface area contributed by atoms with Gasteiger partial charge in [0.05, 0.1) is 21.5 Å². The number of rotatable bonds is 9. The van der Waals surface area contributed by atoms with Crippen LogP contribution < -0.4 is 0 Å². The molecule has 4 rings (SSSR count). The lowest BCUT2D eigenvalue weighted by Gasteiger charge is -2.36. The van der Waals surface area contributed by atoms with Crippen molar-refractivity contribution < 1.29 is 17.9 Å². The van der Waals surface area contributed by atoms with Crippen LogP contribution in [-0.2, 0) is 19.6 Å². The predicted molar refractivity (Wildman–Crippen MR) is 138 cm³/mol. The van der Waals surface area contributed by atoms with Crippen molar-refractivity contribution in [3.8, 4) is 0 Å². The van der Waals surface area contributed by atoms with Crippen LogP contribution in [0.5, 0.6) is 0 Å². The molecular weight excluding hydrogens is 511 g/mol. The Bertz CT molecular complexity index is 966. The van der Waals surface area contributed by atoms with Crippen molar-refractivity contribution in [3.05, 3.63) is 28.2 Å². The summed E-state index contributed by atoms with van der Waals surface area (Å²) in [6.07, 6.45) is 5.42. The molecule has 3 aliphatic rings. The summed E-state index contributed by atoms with van der Waals surface area (Å²) >= 11 is 12.0. The number of carbonyl (C=O) groups excluding carboxylic acids is 1. The zero-order valence-electron chi connectivity index (χ0n) is 20.2. The van der Waals surface area contributed by atoms with E-state index < -0.39 is 10.0 Å². The van der Waals surface area contributed by atoms with Crippen molar-refractivity contribution in [2.45, 2.75) is 43.0 Å². The van der Waals surface area contributed by atoms with Crippen molar-refractivity contribution >= 4 is 39.1 Å². The number of likely N-dealkylation sites (tertiary alicyclic amines) is 1. The number of benzene rings is 1. The first-order chi connectivity index (χ1) is 16.8. The first kappa shape index (κ1) is 27.1. The van der Waals surface area contributed by atoms with Crippen LogP contribution >= 0.6 is 23.2 Å². The van der Waals surface area contributed by atoms with E-state index in [0.717, 1.165) is 32.6 Å². The van der Waals surface area contributed by atoms with E-state index in [1.807, 2.05) is 4.90 Å². The van der Waals surface area contributed by atoms with Gasteiger partial charge in [-0.15, -0.1) is 0 Å². The summed E-state index contributed by atoms with van der Waals surface area (Å²) in [5.74, 6) is -0.0300. The average Bonchev–Trinajstić information content (AvgIpc) is 3.35. The van der Waals surface area contributed by atoms with E-state index in [4.69, 9.17) is 27.9 Å². The minimum absolute atomic E-state index is 0.0229. The second kappa shape index (κ2) is 12.5. The molecule has 0 N–H and O–H groups in total. The molecule has 0 aliphatic carbocycles. The summed E-state index contributed by atoms with van der Waals surface area (Å²) in [7, 11) is -3.71. The van der Waals surface area contributed by atoms with Gasteiger partial charge in [-0.05, 0) is 57.0 Å². The molecule has 0 aromatic heterocycles.